The van der Waals surface area contributed by atoms with Gasteiger partial charge in [-0.3, -0.25) is 9.59 Å². The molecule has 4 nitrogen and oxygen atoms in total. The number of rotatable bonds is 5. The highest BCUT2D eigenvalue weighted by Gasteiger charge is 2.33. The van der Waals surface area contributed by atoms with Crippen LogP contribution >= 0.6 is 0 Å². The molecule has 0 aromatic heterocycles. The lowest BCUT2D eigenvalue weighted by molar-refractivity contribution is -0.119. The molecule has 0 spiro atoms. The molecule has 2 amide bonds. The Morgan fingerprint density at radius 1 is 1.08 bits per heavy atom. The molecule has 1 aliphatic carbocycles. The molecule has 0 unspecified atom stereocenters. The third kappa shape index (κ3) is 3.73. The lowest BCUT2D eigenvalue weighted by Crippen LogP contribution is -2.32. The number of hydrogen-bond donors (Lipinski definition) is 1. The Morgan fingerprint density at radius 3 is 2.40 bits per heavy atom. The molecule has 0 saturated heterocycles. The smallest absolute Gasteiger partial charge is 0.253 e. The zero-order valence-electron chi connectivity index (χ0n) is 15.0. The summed E-state index contributed by atoms with van der Waals surface area (Å²) >= 11 is 0. The van der Waals surface area contributed by atoms with Crippen LogP contribution in [0.1, 0.15) is 47.3 Å². The zero-order chi connectivity index (χ0) is 18.0. The van der Waals surface area contributed by atoms with Gasteiger partial charge in [0.2, 0.25) is 5.91 Å². The van der Waals surface area contributed by atoms with E-state index in [1.165, 1.54) is 0 Å². The first-order valence-electron chi connectivity index (χ1n) is 8.72. The van der Waals surface area contributed by atoms with E-state index in [-0.39, 0.29) is 23.8 Å². The number of hydrogen-bond acceptors (Lipinski definition) is 2. The Balaban J connectivity index is 1.80. The minimum absolute atomic E-state index is 0.0900. The number of amides is 2. The standard InChI is InChI=1S/C21H24N2O2/c1-14-8-4-5-9-17(14)15(2)22-20(24)18-10-6-7-11-19(18)23(3)21(25)16-12-13-16/h4-11,15-16H,12-13H2,1-3H3,(H,22,24)/t15-/m0/s1. The van der Waals surface area contributed by atoms with Gasteiger partial charge in [0.05, 0.1) is 17.3 Å². The van der Waals surface area contributed by atoms with E-state index in [0.717, 1.165) is 24.0 Å². The molecule has 1 atom stereocenters. The van der Waals surface area contributed by atoms with E-state index in [1.54, 1.807) is 18.0 Å². The molecule has 2 aromatic carbocycles. The van der Waals surface area contributed by atoms with Crippen LogP contribution in [0.25, 0.3) is 0 Å². The third-order valence-electron chi connectivity index (χ3n) is 4.77. The molecule has 1 fully saturated rings. The van der Waals surface area contributed by atoms with Crippen LogP contribution in [0.4, 0.5) is 5.69 Å². The Bertz CT molecular complexity index is 796. The number of nitrogens with one attached hydrogen (secondary N) is 1. The Hall–Kier alpha value is -2.62. The van der Waals surface area contributed by atoms with Gasteiger partial charge in [-0.15, -0.1) is 0 Å². The van der Waals surface area contributed by atoms with Gasteiger partial charge in [0, 0.05) is 13.0 Å². The largest absolute Gasteiger partial charge is 0.345 e. The van der Waals surface area contributed by atoms with Gasteiger partial charge in [-0.2, -0.15) is 0 Å². The quantitative estimate of drug-likeness (QED) is 0.901. The van der Waals surface area contributed by atoms with Crippen molar-refractivity contribution < 1.29 is 9.59 Å². The van der Waals surface area contributed by atoms with Gasteiger partial charge in [-0.05, 0) is 49.9 Å². The molecule has 2 aromatic rings. The molecular formula is C21H24N2O2. The molecule has 3 rings (SSSR count). The van der Waals surface area contributed by atoms with Crippen LogP contribution in [-0.2, 0) is 4.79 Å². The van der Waals surface area contributed by atoms with Crippen molar-refractivity contribution >= 4 is 17.5 Å². The lowest BCUT2D eigenvalue weighted by atomic mass is 10.0. The Labute approximate surface area is 148 Å². The van der Waals surface area contributed by atoms with E-state index in [9.17, 15) is 9.59 Å². The summed E-state index contributed by atoms with van der Waals surface area (Å²) in [7, 11) is 1.75. The number of para-hydroxylation sites is 1. The second kappa shape index (κ2) is 7.09. The monoisotopic (exact) mass is 336 g/mol. The number of benzene rings is 2. The van der Waals surface area contributed by atoms with Gasteiger partial charge in [-0.1, -0.05) is 36.4 Å². The summed E-state index contributed by atoms with van der Waals surface area (Å²) < 4.78 is 0. The number of anilines is 1. The molecule has 130 valence electrons. The fourth-order valence-corrected chi connectivity index (χ4v) is 3.11. The predicted octanol–water partition coefficient (Wildman–Crippen LogP) is 3.86. The van der Waals surface area contributed by atoms with Crippen LogP contribution in [0, 0.1) is 12.8 Å². The Morgan fingerprint density at radius 2 is 1.72 bits per heavy atom. The topological polar surface area (TPSA) is 49.4 Å². The maximum absolute atomic E-state index is 12.8. The van der Waals surface area contributed by atoms with Crippen LogP contribution in [0.3, 0.4) is 0 Å². The maximum Gasteiger partial charge on any atom is 0.253 e. The van der Waals surface area contributed by atoms with Crippen LogP contribution < -0.4 is 10.2 Å². The molecule has 0 bridgehead atoms. The second-order valence-corrected chi connectivity index (χ2v) is 6.74. The van der Waals surface area contributed by atoms with E-state index in [2.05, 4.69) is 5.32 Å². The van der Waals surface area contributed by atoms with Gasteiger partial charge in [0.25, 0.3) is 5.91 Å². The molecule has 25 heavy (non-hydrogen) atoms. The van der Waals surface area contributed by atoms with Gasteiger partial charge < -0.3 is 10.2 Å². The van der Waals surface area contributed by atoms with E-state index < -0.39 is 0 Å². The first kappa shape index (κ1) is 17.2. The fraction of sp³-hybridized carbons (Fsp3) is 0.333. The van der Waals surface area contributed by atoms with Crippen LogP contribution in [0.15, 0.2) is 48.5 Å². The summed E-state index contributed by atoms with van der Waals surface area (Å²) in [6.07, 6.45) is 1.89. The first-order valence-corrected chi connectivity index (χ1v) is 8.72. The first-order chi connectivity index (χ1) is 12.0. The fourth-order valence-electron chi connectivity index (χ4n) is 3.11. The molecule has 1 N–H and O–H groups in total. The molecule has 1 aliphatic rings. The minimum Gasteiger partial charge on any atom is -0.345 e. The van der Waals surface area contributed by atoms with E-state index >= 15 is 0 Å². The maximum atomic E-state index is 12.8. The van der Waals surface area contributed by atoms with Crippen molar-refractivity contribution in [3.8, 4) is 0 Å². The van der Waals surface area contributed by atoms with Crippen molar-refractivity contribution in [1.29, 1.82) is 0 Å². The van der Waals surface area contributed by atoms with Crippen LogP contribution in [0.2, 0.25) is 0 Å². The van der Waals surface area contributed by atoms with E-state index in [4.69, 9.17) is 0 Å². The molecule has 0 heterocycles. The number of carbonyl (C=O) groups is 2. The Kier molecular flexibility index (Phi) is 4.88. The predicted molar refractivity (Wildman–Crippen MR) is 99.6 cm³/mol. The highest BCUT2D eigenvalue weighted by Crippen LogP contribution is 2.33. The zero-order valence-corrected chi connectivity index (χ0v) is 15.0. The van der Waals surface area contributed by atoms with E-state index in [1.807, 2.05) is 56.3 Å². The lowest BCUT2D eigenvalue weighted by Gasteiger charge is -2.22. The van der Waals surface area contributed by atoms with Gasteiger partial charge in [0.1, 0.15) is 0 Å². The number of aryl methyl sites for hydroxylation is 1. The third-order valence-corrected chi connectivity index (χ3v) is 4.77. The van der Waals surface area contributed by atoms with Crippen molar-refractivity contribution in [2.24, 2.45) is 5.92 Å². The normalized spacial score (nSPS) is 14.7. The highest BCUT2D eigenvalue weighted by molar-refractivity contribution is 6.05. The second-order valence-electron chi connectivity index (χ2n) is 6.74. The number of nitrogens with zero attached hydrogens (tertiary/aromatic N) is 1. The molecule has 4 heteroatoms. The summed E-state index contributed by atoms with van der Waals surface area (Å²) in [4.78, 5) is 26.8. The van der Waals surface area contributed by atoms with Crippen molar-refractivity contribution in [2.75, 3.05) is 11.9 Å². The van der Waals surface area contributed by atoms with Crippen molar-refractivity contribution in [3.05, 3.63) is 65.2 Å². The van der Waals surface area contributed by atoms with Crippen molar-refractivity contribution in [1.82, 2.24) is 5.32 Å². The summed E-state index contributed by atoms with van der Waals surface area (Å²) in [5.41, 5.74) is 3.42. The SMILES string of the molecule is Cc1ccccc1[C@H](C)NC(=O)c1ccccc1N(C)C(=O)C1CC1. The van der Waals surface area contributed by atoms with E-state index in [0.29, 0.717) is 11.3 Å². The summed E-state index contributed by atoms with van der Waals surface area (Å²) in [5.74, 6) is 0.0426. The minimum atomic E-state index is -0.165. The average Bonchev–Trinajstić information content (AvgIpc) is 3.45. The summed E-state index contributed by atoms with van der Waals surface area (Å²) in [6.45, 7) is 4.01. The van der Waals surface area contributed by atoms with Crippen molar-refractivity contribution in [3.63, 3.8) is 0 Å². The van der Waals surface area contributed by atoms with Gasteiger partial charge in [0.15, 0.2) is 0 Å². The van der Waals surface area contributed by atoms with Crippen LogP contribution in [0.5, 0.6) is 0 Å². The molecule has 0 aliphatic heterocycles. The highest BCUT2D eigenvalue weighted by atomic mass is 16.2. The summed E-state index contributed by atoms with van der Waals surface area (Å²) in [5, 5.41) is 3.06. The van der Waals surface area contributed by atoms with Gasteiger partial charge >= 0.3 is 0 Å². The van der Waals surface area contributed by atoms with Gasteiger partial charge in [-0.25, -0.2) is 0 Å². The molecule has 0 radical (unpaired) electrons. The molecular weight excluding hydrogens is 312 g/mol. The van der Waals surface area contributed by atoms with Crippen LogP contribution in [-0.4, -0.2) is 18.9 Å². The number of carbonyl (C=O) groups excluding carboxylic acids is 2. The summed E-state index contributed by atoms with van der Waals surface area (Å²) in [6, 6.07) is 15.2. The average molecular weight is 336 g/mol. The van der Waals surface area contributed by atoms with Crippen molar-refractivity contribution in [2.45, 2.75) is 32.7 Å². The molecule has 1 saturated carbocycles.